The smallest absolute Gasteiger partial charge is 0.126 e. The molecule has 1 aromatic carbocycles. The number of methoxy groups -OCH3 is 1. The number of ether oxygens (including phenoxy) is 1. The highest BCUT2D eigenvalue weighted by molar-refractivity contribution is 5.51. The van der Waals surface area contributed by atoms with Gasteiger partial charge in [0, 0.05) is 17.5 Å². The van der Waals surface area contributed by atoms with E-state index in [1.165, 1.54) is 16.7 Å². The molecule has 0 bridgehead atoms. The molecule has 0 fully saturated rings. The summed E-state index contributed by atoms with van der Waals surface area (Å²) in [7, 11) is 1.78. The molecule has 1 rings (SSSR count). The van der Waals surface area contributed by atoms with Gasteiger partial charge in [-0.2, -0.15) is 0 Å². The molecule has 0 saturated heterocycles. The van der Waals surface area contributed by atoms with Gasteiger partial charge in [-0.15, -0.1) is 12.3 Å². The first-order valence-electron chi connectivity index (χ1n) is 8.72. The summed E-state index contributed by atoms with van der Waals surface area (Å²) in [5.74, 6) is 4.33. The van der Waals surface area contributed by atoms with E-state index in [1.807, 2.05) is 0 Å². The molecule has 0 amide bonds. The number of hydrogen-bond donors (Lipinski definition) is 0. The summed E-state index contributed by atoms with van der Waals surface area (Å²) in [6.07, 6.45) is 8.70. The summed E-state index contributed by atoms with van der Waals surface area (Å²) in [6.45, 7) is 15.7. The van der Waals surface area contributed by atoms with E-state index in [1.54, 1.807) is 7.11 Å². The van der Waals surface area contributed by atoms with Gasteiger partial charge in [-0.05, 0) is 28.7 Å². The monoisotopic (exact) mass is 314 g/mol. The van der Waals surface area contributed by atoms with Crippen molar-refractivity contribution in [3.05, 3.63) is 28.8 Å². The predicted molar refractivity (Wildman–Crippen MR) is 101 cm³/mol. The van der Waals surface area contributed by atoms with Crippen LogP contribution in [0.15, 0.2) is 12.1 Å². The Morgan fingerprint density at radius 2 is 1.52 bits per heavy atom. The third kappa shape index (κ3) is 4.77. The van der Waals surface area contributed by atoms with Crippen molar-refractivity contribution in [3.8, 4) is 18.1 Å². The molecule has 0 aromatic heterocycles. The summed E-state index contributed by atoms with van der Waals surface area (Å²) < 4.78 is 5.84. The van der Waals surface area contributed by atoms with Gasteiger partial charge in [-0.3, -0.25) is 0 Å². The summed E-state index contributed by atoms with van der Waals surface area (Å²) in [5.41, 5.74) is 3.99. The second kappa shape index (κ2) is 7.43. The van der Waals surface area contributed by atoms with Crippen molar-refractivity contribution in [2.75, 3.05) is 7.11 Å². The summed E-state index contributed by atoms with van der Waals surface area (Å²) in [6, 6.07) is 4.65. The number of benzene rings is 1. The summed E-state index contributed by atoms with van der Waals surface area (Å²) in [4.78, 5) is 0. The molecule has 0 aliphatic carbocycles. The van der Waals surface area contributed by atoms with E-state index in [0.717, 1.165) is 25.0 Å². The predicted octanol–water partition coefficient (Wildman–Crippen LogP) is 6.20. The Kier molecular flexibility index (Phi) is 6.34. The van der Waals surface area contributed by atoms with Crippen LogP contribution in [0.1, 0.15) is 90.3 Å². The Hall–Kier alpha value is -1.42. The van der Waals surface area contributed by atoms with Crippen molar-refractivity contribution in [3.63, 3.8) is 0 Å². The lowest BCUT2D eigenvalue weighted by molar-refractivity contribution is 0.380. The van der Waals surface area contributed by atoms with Crippen LogP contribution in [-0.2, 0) is 10.8 Å². The van der Waals surface area contributed by atoms with Crippen LogP contribution >= 0.6 is 0 Å². The van der Waals surface area contributed by atoms with Crippen LogP contribution in [0.5, 0.6) is 5.75 Å². The second-order valence-electron chi connectivity index (χ2n) is 8.54. The average Bonchev–Trinajstić information content (AvgIpc) is 2.43. The molecule has 0 spiro atoms. The minimum absolute atomic E-state index is 0.0360. The largest absolute Gasteiger partial charge is 0.496 e. The van der Waals surface area contributed by atoms with Crippen LogP contribution in [0, 0.1) is 12.3 Å². The third-order valence-electron chi connectivity index (χ3n) is 4.40. The van der Waals surface area contributed by atoms with Crippen LogP contribution in [0.3, 0.4) is 0 Å². The summed E-state index contributed by atoms with van der Waals surface area (Å²) >= 11 is 0. The lowest BCUT2D eigenvalue weighted by Crippen LogP contribution is -2.20. The molecule has 0 N–H and O–H groups in total. The van der Waals surface area contributed by atoms with Crippen LogP contribution < -0.4 is 4.74 Å². The Morgan fingerprint density at radius 3 is 1.83 bits per heavy atom. The molecule has 1 aromatic rings. The number of rotatable bonds is 5. The average molecular weight is 315 g/mol. The zero-order valence-corrected chi connectivity index (χ0v) is 16.3. The topological polar surface area (TPSA) is 9.23 Å². The Balaban J connectivity index is 3.65. The molecular weight excluding hydrogens is 280 g/mol. The molecule has 0 radical (unpaired) electrons. The maximum absolute atomic E-state index is 5.84. The molecule has 0 aliphatic rings. The van der Waals surface area contributed by atoms with Crippen molar-refractivity contribution in [1.29, 1.82) is 0 Å². The Bertz CT molecular complexity index is 526. The fraction of sp³-hybridized carbons (Fsp3) is 0.636. The molecule has 1 atom stereocenters. The third-order valence-corrected chi connectivity index (χ3v) is 4.40. The highest BCUT2D eigenvalue weighted by atomic mass is 16.5. The minimum atomic E-state index is 0.0360. The maximum Gasteiger partial charge on any atom is 0.126 e. The lowest BCUT2D eigenvalue weighted by Gasteiger charge is -2.31. The quantitative estimate of drug-likeness (QED) is 0.588. The van der Waals surface area contributed by atoms with Gasteiger partial charge in [-0.1, -0.05) is 67.0 Å². The van der Waals surface area contributed by atoms with E-state index < -0.39 is 0 Å². The van der Waals surface area contributed by atoms with Crippen LogP contribution in [0.4, 0.5) is 0 Å². The Labute approximate surface area is 143 Å². The number of terminal acetylenes is 1. The van der Waals surface area contributed by atoms with E-state index >= 15 is 0 Å². The lowest BCUT2D eigenvalue weighted by atomic mass is 9.76. The maximum atomic E-state index is 5.84. The van der Waals surface area contributed by atoms with Crippen molar-refractivity contribution < 1.29 is 4.74 Å². The van der Waals surface area contributed by atoms with Gasteiger partial charge in [0.1, 0.15) is 5.75 Å². The van der Waals surface area contributed by atoms with Crippen molar-refractivity contribution in [2.24, 2.45) is 0 Å². The van der Waals surface area contributed by atoms with Gasteiger partial charge in [0.25, 0.3) is 0 Å². The fourth-order valence-electron chi connectivity index (χ4n) is 3.10. The highest BCUT2D eigenvalue weighted by Crippen LogP contribution is 2.42. The summed E-state index contributed by atoms with van der Waals surface area (Å²) in [5, 5.41) is 0. The van der Waals surface area contributed by atoms with Crippen LogP contribution in [0.25, 0.3) is 0 Å². The van der Waals surface area contributed by atoms with Crippen molar-refractivity contribution in [1.82, 2.24) is 0 Å². The van der Waals surface area contributed by atoms with Crippen LogP contribution in [-0.4, -0.2) is 7.11 Å². The van der Waals surface area contributed by atoms with E-state index in [2.05, 4.69) is 66.5 Å². The SMILES string of the molecule is C#CCC(CCC)c1cc(C(C)(C)C)c(OC)c(C(C)(C)C)c1. The molecular formula is C22H34O. The first-order valence-corrected chi connectivity index (χ1v) is 8.72. The van der Waals surface area contributed by atoms with Gasteiger partial charge in [0.05, 0.1) is 7.11 Å². The normalized spacial score (nSPS) is 13.5. The zero-order chi connectivity index (χ0) is 17.8. The van der Waals surface area contributed by atoms with Gasteiger partial charge >= 0.3 is 0 Å². The Morgan fingerprint density at radius 1 is 1.04 bits per heavy atom. The molecule has 0 saturated carbocycles. The van der Waals surface area contributed by atoms with Gasteiger partial charge in [0.2, 0.25) is 0 Å². The molecule has 0 aliphatic heterocycles. The molecule has 0 heterocycles. The minimum Gasteiger partial charge on any atom is -0.496 e. The molecule has 23 heavy (non-hydrogen) atoms. The van der Waals surface area contributed by atoms with Gasteiger partial charge in [0.15, 0.2) is 0 Å². The van der Waals surface area contributed by atoms with Gasteiger partial charge < -0.3 is 4.74 Å². The van der Waals surface area contributed by atoms with E-state index in [0.29, 0.717) is 5.92 Å². The van der Waals surface area contributed by atoms with E-state index in [-0.39, 0.29) is 10.8 Å². The highest BCUT2D eigenvalue weighted by Gasteiger charge is 2.28. The first-order chi connectivity index (χ1) is 10.6. The standard InChI is InChI=1S/C22H34O/c1-10-12-16(13-11-2)17-14-18(21(3,4)5)20(23-9)19(15-17)22(6,7)8/h1,14-16H,11-13H2,2-9H3. The van der Waals surface area contributed by atoms with Crippen molar-refractivity contribution >= 4 is 0 Å². The molecule has 128 valence electrons. The molecule has 1 unspecified atom stereocenters. The molecule has 1 heteroatoms. The number of hydrogen-bond acceptors (Lipinski definition) is 1. The zero-order valence-electron chi connectivity index (χ0n) is 16.3. The van der Waals surface area contributed by atoms with Crippen molar-refractivity contribution in [2.45, 2.75) is 84.5 Å². The fourth-order valence-corrected chi connectivity index (χ4v) is 3.10. The van der Waals surface area contributed by atoms with E-state index in [4.69, 9.17) is 11.2 Å². The van der Waals surface area contributed by atoms with Crippen LogP contribution in [0.2, 0.25) is 0 Å². The second-order valence-corrected chi connectivity index (χ2v) is 8.54. The van der Waals surface area contributed by atoms with E-state index in [9.17, 15) is 0 Å². The van der Waals surface area contributed by atoms with Gasteiger partial charge in [-0.25, -0.2) is 0 Å². The first kappa shape index (κ1) is 19.6. The molecule has 1 nitrogen and oxygen atoms in total.